The molecule has 28 heavy (non-hydrogen) atoms. The number of piperidine rings is 1. The molecule has 2 unspecified atom stereocenters. The summed E-state index contributed by atoms with van der Waals surface area (Å²) in [6.45, 7) is -0.908. The Hall–Kier alpha value is -2.71. The van der Waals surface area contributed by atoms with Crippen LogP contribution in [0.2, 0.25) is 0 Å². The number of aliphatic carboxylic acids is 1. The summed E-state index contributed by atoms with van der Waals surface area (Å²) >= 11 is 0. The van der Waals surface area contributed by atoms with Crippen LogP contribution in [0, 0.1) is 11.8 Å². The number of carbonyl (C=O) groups is 3. The van der Waals surface area contributed by atoms with Crippen molar-refractivity contribution in [2.45, 2.75) is 26.4 Å². The van der Waals surface area contributed by atoms with Gasteiger partial charge < -0.3 is 19.6 Å². The highest BCUT2D eigenvalue weighted by Gasteiger charge is 2.32. The minimum atomic E-state index is -3.05. The van der Waals surface area contributed by atoms with Gasteiger partial charge in [0.05, 0.1) is 17.4 Å². The van der Waals surface area contributed by atoms with Crippen LogP contribution in [0.3, 0.4) is 0 Å². The van der Waals surface area contributed by atoms with Gasteiger partial charge in [-0.3, -0.25) is 14.4 Å². The number of alkyl halides is 2. The Morgan fingerprint density at radius 1 is 1.32 bits per heavy atom. The Bertz CT molecular complexity index is 728. The molecule has 7 nitrogen and oxygen atoms in total. The van der Waals surface area contributed by atoms with Gasteiger partial charge in [0.1, 0.15) is 5.75 Å². The molecule has 1 aromatic carbocycles. The molecule has 0 aliphatic carbocycles. The first-order valence-electron chi connectivity index (χ1n) is 9.01. The molecule has 2 amide bonds. The molecule has 0 saturated carbocycles. The molecule has 0 spiro atoms. The molecular formula is C19H24F2N2O5. The van der Waals surface area contributed by atoms with Crippen molar-refractivity contribution in [2.75, 3.05) is 26.7 Å². The highest BCUT2D eigenvalue weighted by atomic mass is 19.3. The van der Waals surface area contributed by atoms with Gasteiger partial charge in [0, 0.05) is 26.7 Å². The van der Waals surface area contributed by atoms with Crippen molar-refractivity contribution < 1.29 is 33.0 Å². The largest absolute Gasteiger partial charge is 0.481 e. The number of likely N-dealkylation sites (tertiary alicyclic amines) is 1. The van der Waals surface area contributed by atoms with E-state index in [1.54, 1.807) is 6.07 Å². The summed E-state index contributed by atoms with van der Waals surface area (Å²) in [7, 11) is 1.54. The molecule has 9 heteroatoms. The van der Waals surface area contributed by atoms with E-state index in [0.717, 1.165) is 0 Å². The minimum absolute atomic E-state index is 0.0174. The Morgan fingerprint density at radius 2 is 2.00 bits per heavy atom. The molecule has 1 N–H and O–H groups in total. The van der Waals surface area contributed by atoms with Crippen molar-refractivity contribution in [3.8, 4) is 5.75 Å². The fourth-order valence-corrected chi connectivity index (χ4v) is 3.27. The molecule has 1 heterocycles. The number of ether oxygens (including phenoxy) is 1. The number of carboxylic acid groups (broad SMARTS) is 1. The molecule has 1 saturated heterocycles. The fourth-order valence-electron chi connectivity index (χ4n) is 3.27. The predicted octanol–water partition coefficient (Wildman–Crippen LogP) is 2.32. The normalized spacial score (nSPS) is 17.9. The third-order valence-electron chi connectivity index (χ3n) is 4.74. The van der Waals surface area contributed by atoms with Gasteiger partial charge in [-0.15, -0.1) is 0 Å². The summed E-state index contributed by atoms with van der Waals surface area (Å²) in [4.78, 5) is 39.3. The molecule has 0 aromatic heterocycles. The van der Waals surface area contributed by atoms with E-state index in [0.29, 0.717) is 19.4 Å². The highest BCUT2D eigenvalue weighted by Crippen LogP contribution is 2.25. The highest BCUT2D eigenvalue weighted by molar-refractivity contribution is 5.97. The molecule has 0 bridgehead atoms. The van der Waals surface area contributed by atoms with Crippen LogP contribution < -0.4 is 4.74 Å². The average molecular weight is 398 g/mol. The number of carbonyl (C=O) groups excluding carboxylic acids is 2. The van der Waals surface area contributed by atoms with Crippen molar-refractivity contribution in [1.82, 2.24) is 9.80 Å². The second-order valence-electron chi connectivity index (χ2n) is 6.92. The van der Waals surface area contributed by atoms with Gasteiger partial charge in [-0.05, 0) is 25.0 Å². The first-order chi connectivity index (χ1) is 13.2. The Morgan fingerprint density at radius 3 is 2.64 bits per heavy atom. The molecule has 1 aromatic rings. The van der Waals surface area contributed by atoms with Crippen LogP contribution in [0.5, 0.6) is 5.75 Å². The van der Waals surface area contributed by atoms with Gasteiger partial charge in [-0.1, -0.05) is 19.1 Å². The summed E-state index contributed by atoms with van der Waals surface area (Å²) in [5.41, 5.74) is 0.0174. The van der Waals surface area contributed by atoms with E-state index in [4.69, 9.17) is 5.11 Å². The maximum absolute atomic E-state index is 12.8. The lowest BCUT2D eigenvalue weighted by atomic mass is 9.95. The SMILES string of the molecule is CC(CN(C)C(=O)C1CCCN(C(=O)c2ccccc2OC(F)F)C1)C(=O)O. The Balaban J connectivity index is 2.08. The van der Waals surface area contributed by atoms with Crippen LogP contribution in [-0.4, -0.2) is 66.0 Å². The molecule has 2 rings (SSSR count). The zero-order valence-corrected chi connectivity index (χ0v) is 15.8. The number of rotatable bonds is 7. The first-order valence-corrected chi connectivity index (χ1v) is 9.01. The third kappa shape index (κ3) is 5.40. The smallest absolute Gasteiger partial charge is 0.387 e. The van der Waals surface area contributed by atoms with E-state index in [9.17, 15) is 23.2 Å². The Labute approximate surface area is 161 Å². The summed E-state index contributed by atoms with van der Waals surface area (Å²) < 4.78 is 29.6. The summed E-state index contributed by atoms with van der Waals surface area (Å²) in [5.74, 6) is -3.07. The lowest BCUT2D eigenvalue weighted by Gasteiger charge is -2.34. The average Bonchev–Trinajstić information content (AvgIpc) is 2.66. The number of para-hydroxylation sites is 1. The third-order valence-corrected chi connectivity index (χ3v) is 4.74. The number of amides is 2. The number of halogens is 2. The second kappa shape index (κ2) is 9.48. The number of nitrogens with zero attached hydrogens (tertiary/aromatic N) is 2. The molecule has 0 radical (unpaired) electrons. The van der Waals surface area contributed by atoms with Crippen molar-refractivity contribution >= 4 is 17.8 Å². The van der Waals surface area contributed by atoms with E-state index >= 15 is 0 Å². The lowest BCUT2D eigenvalue weighted by Crippen LogP contribution is -2.47. The van der Waals surface area contributed by atoms with Gasteiger partial charge in [0.2, 0.25) is 5.91 Å². The van der Waals surface area contributed by atoms with Gasteiger partial charge in [-0.25, -0.2) is 0 Å². The lowest BCUT2D eigenvalue weighted by molar-refractivity contribution is -0.143. The van der Waals surface area contributed by atoms with Crippen LogP contribution in [0.15, 0.2) is 24.3 Å². The summed E-state index contributed by atoms with van der Waals surface area (Å²) in [5, 5.41) is 9.00. The van der Waals surface area contributed by atoms with Gasteiger partial charge in [-0.2, -0.15) is 8.78 Å². The van der Waals surface area contributed by atoms with E-state index < -0.39 is 30.3 Å². The van der Waals surface area contributed by atoms with E-state index in [1.807, 2.05) is 0 Å². The number of hydrogen-bond acceptors (Lipinski definition) is 4. The molecule has 2 atom stereocenters. The summed E-state index contributed by atoms with van der Waals surface area (Å²) in [6, 6.07) is 5.76. The maximum Gasteiger partial charge on any atom is 0.387 e. The van der Waals surface area contributed by atoms with Crippen LogP contribution in [0.4, 0.5) is 8.78 Å². The van der Waals surface area contributed by atoms with E-state index in [2.05, 4.69) is 4.74 Å². The summed E-state index contributed by atoms with van der Waals surface area (Å²) in [6.07, 6.45) is 1.16. The number of hydrogen-bond donors (Lipinski definition) is 1. The number of benzene rings is 1. The predicted molar refractivity (Wildman–Crippen MR) is 96.1 cm³/mol. The monoisotopic (exact) mass is 398 g/mol. The van der Waals surface area contributed by atoms with Crippen LogP contribution in [0.1, 0.15) is 30.1 Å². The van der Waals surface area contributed by atoms with Crippen molar-refractivity contribution in [3.05, 3.63) is 29.8 Å². The van der Waals surface area contributed by atoms with Crippen LogP contribution >= 0.6 is 0 Å². The topological polar surface area (TPSA) is 87.2 Å². The minimum Gasteiger partial charge on any atom is -0.481 e. The Kier molecular flexibility index (Phi) is 7.31. The molecule has 1 fully saturated rings. The van der Waals surface area contributed by atoms with Crippen LogP contribution in [0.25, 0.3) is 0 Å². The van der Waals surface area contributed by atoms with E-state index in [1.165, 1.54) is 42.0 Å². The first kappa shape index (κ1) is 21.6. The molecule has 154 valence electrons. The van der Waals surface area contributed by atoms with Crippen LogP contribution in [-0.2, 0) is 9.59 Å². The fraction of sp³-hybridized carbons (Fsp3) is 0.526. The van der Waals surface area contributed by atoms with Gasteiger partial charge >= 0.3 is 12.6 Å². The molecule has 1 aliphatic heterocycles. The standard InChI is InChI=1S/C19H24F2N2O5/c1-12(18(26)27)10-22(2)16(24)13-6-5-9-23(11-13)17(25)14-7-3-4-8-15(14)28-19(20)21/h3-4,7-8,12-13,19H,5-6,9-11H2,1-2H3,(H,26,27). The number of carboxylic acids is 1. The van der Waals surface area contributed by atoms with Gasteiger partial charge in [0.15, 0.2) is 0 Å². The van der Waals surface area contributed by atoms with E-state index in [-0.39, 0.29) is 30.3 Å². The van der Waals surface area contributed by atoms with Crippen molar-refractivity contribution in [3.63, 3.8) is 0 Å². The molecular weight excluding hydrogens is 374 g/mol. The zero-order valence-electron chi connectivity index (χ0n) is 15.8. The van der Waals surface area contributed by atoms with Crippen molar-refractivity contribution in [2.24, 2.45) is 11.8 Å². The zero-order chi connectivity index (χ0) is 20.8. The maximum atomic E-state index is 12.8. The van der Waals surface area contributed by atoms with Gasteiger partial charge in [0.25, 0.3) is 5.91 Å². The quantitative estimate of drug-likeness (QED) is 0.762. The molecule has 1 aliphatic rings. The second-order valence-corrected chi connectivity index (χ2v) is 6.92. The van der Waals surface area contributed by atoms with Crippen molar-refractivity contribution in [1.29, 1.82) is 0 Å².